The predicted octanol–water partition coefficient (Wildman–Crippen LogP) is 2.41. The van der Waals surface area contributed by atoms with Crippen molar-refractivity contribution < 1.29 is 14.5 Å². The molecular weight excluding hydrogens is 334 g/mol. The fraction of sp³-hybridized carbons (Fsp3) is 0.125. The van der Waals surface area contributed by atoms with Crippen molar-refractivity contribution in [3.8, 4) is 0 Å². The van der Waals surface area contributed by atoms with Gasteiger partial charge in [-0.05, 0) is 18.2 Å². The number of nitrogens with one attached hydrogen (secondary N) is 2. The van der Waals surface area contributed by atoms with E-state index in [0.29, 0.717) is 5.56 Å². The quantitative estimate of drug-likeness (QED) is 0.476. The normalized spacial score (nSPS) is 10.0. The molecule has 124 valence electrons. The number of hydrogen-bond acceptors (Lipinski definition) is 4. The highest BCUT2D eigenvalue weighted by Crippen LogP contribution is 2.21. The molecule has 2 rings (SSSR count). The molecule has 0 aliphatic rings. The lowest BCUT2D eigenvalue weighted by Crippen LogP contribution is -2.34. The molecule has 0 saturated heterocycles. The van der Waals surface area contributed by atoms with Crippen LogP contribution in [0, 0.1) is 10.1 Å². The Labute approximate surface area is 142 Å². The minimum Gasteiger partial charge on any atom is -0.350 e. The average molecular weight is 348 g/mol. The Bertz CT molecular complexity index is 765. The minimum absolute atomic E-state index is 0.0141. The zero-order valence-corrected chi connectivity index (χ0v) is 13.2. The maximum absolute atomic E-state index is 12.0. The molecule has 2 aromatic rings. The fourth-order valence-electron chi connectivity index (χ4n) is 1.94. The number of carbonyl (C=O) groups is 2. The molecule has 0 radical (unpaired) electrons. The molecule has 0 bridgehead atoms. The van der Waals surface area contributed by atoms with Gasteiger partial charge in [-0.1, -0.05) is 29.8 Å². The Morgan fingerprint density at radius 3 is 2.25 bits per heavy atom. The monoisotopic (exact) mass is 347 g/mol. The summed E-state index contributed by atoms with van der Waals surface area (Å²) in [7, 11) is 0. The number of non-ortho nitro benzene ring substituents is 1. The first-order chi connectivity index (χ1) is 11.5. The van der Waals surface area contributed by atoms with E-state index in [1.165, 1.54) is 12.1 Å². The van der Waals surface area contributed by atoms with E-state index < -0.39 is 10.8 Å². The number of carbonyl (C=O) groups excluding carboxylic acids is 2. The van der Waals surface area contributed by atoms with Gasteiger partial charge in [-0.25, -0.2) is 0 Å². The lowest BCUT2D eigenvalue weighted by Gasteiger charge is -2.08. The molecular formula is C16H14ClN3O4. The van der Waals surface area contributed by atoms with E-state index in [2.05, 4.69) is 10.6 Å². The van der Waals surface area contributed by atoms with Crippen LogP contribution in [0.25, 0.3) is 0 Å². The van der Waals surface area contributed by atoms with Crippen LogP contribution in [0.2, 0.25) is 5.02 Å². The molecule has 2 aromatic carbocycles. The van der Waals surface area contributed by atoms with Crippen molar-refractivity contribution in [3.63, 3.8) is 0 Å². The van der Waals surface area contributed by atoms with Crippen LogP contribution in [0.15, 0.2) is 48.5 Å². The lowest BCUT2D eigenvalue weighted by molar-refractivity contribution is -0.384. The van der Waals surface area contributed by atoms with Crippen LogP contribution in [0.5, 0.6) is 0 Å². The van der Waals surface area contributed by atoms with Crippen molar-refractivity contribution in [1.82, 2.24) is 10.6 Å². The van der Waals surface area contributed by atoms with Crippen molar-refractivity contribution in [1.29, 1.82) is 0 Å². The Morgan fingerprint density at radius 1 is 1.00 bits per heavy atom. The summed E-state index contributed by atoms with van der Waals surface area (Å²) in [6.07, 6.45) is 0. The largest absolute Gasteiger partial charge is 0.350 e. The molecule has 0 aliphatic carbocycles. The van der Waals surface area contributed by atoms with Gasteiger partial charge in [0.1, 0.15) is 0 Å². The van der Waals surface area contributed by atoms with Crippen LogP contribution in [0.3, 0.4) is 0 Å². The topological polar surface area (TPSA) is 101 Å². The number of hydrogen-bond donors (Lipinski definition) is 2. The van der Waals surface area contributed by atoms with Crippen LogP contribution in [0.4, 0.5) is 5.69 Å². The molecule has 0 unspecified atom stereocenters. The van der Waals surface area contributed by atoms with Gasteiger partial charge in [0.05, 0.1) is 15.5 Å². The van der Waals surface area contributed by atoms with Gasteiger partial charge in [0.25, 0.3) is 17.5 Å². The van der Waals surface area contributed by atoms with Crippen molar-refractivity contribution in [2.45, 2.75) is 0 Å². The number of nitro groups is 1. The summed E-state index contributed by atoms with van der Waals surface area (Å²) in [5, 5.41) is 16.1. The molecule has 0 aromatic heterocycles. The van der Waals surface area contributed by atoms with Gasteiger partial charge < -0.3 is 10.6 Å². The van der Waals surface area contributed by atoms with Crippen LogP contribution in [-0.4, -0.2) is 29.8 Å². The standard InChI is InChI=1S/C16H14ClN3O4/c17-14-7-6-12(20(23)24)10-13(14)16(22)19-9-8-18-15(21)11-4-2-1-3-5-11/h1-7,10H,8-9H2,(H,18,21)(H,19,22). The van der Waals surface area contributed by atoms with E-state index in [-0.39, 0.29) is 35.3 Å². The van der Waals surface area contributed by atoms with E-state index in [1.54, 1.807) is 30.3 Å². The van der Waals surface area contributed by atoms with Crippen molar-refractivity contribution >= 4 is 29.1 Å². The first-order valence-corrected chi connectivity index (χ1v) is 7.42. The molecule has 8 heteroatoms. The van der Waals surface area contributed by atoms with E-state index in [1.807, 2.05) is 0 Å². The van der Waals surface area contributed by atoms with E-state index >= 15 is 0 Å². The molecule has 2 N–H and O–H groups in total. The van der Waals surface area contributed by atoms with Crippen LogP contribution >= 0.6 is 11.6 Å². The molecule has 24 heavy (non-hydrogen) atoms. The smallest absolute Gasteiger partial charge is 0.270 e. The van der Waals surface area contributed by atoms with E-state index in [4.69, 9.17) is 11.6 Å². The van der Waals surface area contributed by atoms with E-state index in [0.717, 1.165) is 6.07 Å². The van der Waals surface area contributed by atoms with Crippen molar-refractivity contribution in [3.05, 3.63) is 74.8 Å². The van der Waals surface area contributed by atoms with Gasteiger partial charge in [0, 0.05) is 30.8 Å². The van der Waals surface area contributed by atoms with Gasteiger partial charge in [-0.2, -0.15) is 0 Å². The Balaban J connectivity index is 1.86. The molecule has 0 aliphatic heterocycles. The van der Waals surface area contributed by atoms with Crippen molar-refractivity contribution in [2.75, 3.05) is 13.1 Å². The zero-order chi connectivity index (χ0) is 17.5. The first-order valence-electron chi connectivity index (χ1n) is 7.04. The van der Waals surface area contributed by atoms with E-state index in [9.17, 15) is 19.7 Å². The lowest BCUT2D eigenvalue weighted by atomic mass is 10.2. The second kappa shape index (κ2) is 8.07. The Kier molecular flexibility index (Phi) is 5.86. The first kappa shape index (κ1) is 17.4. The number of nitro benzene ring substituents is 1. The molecule has 0 spiro atoms. The molecule has 0 fully saturated rings. The number of amides is 2. The Morgan fingerprint density at radius 2 is 1.62 bits per heavy atom. The number of nitrogens with zero attached hydrogens (tertiary/aromatic N) is 1. The molecule has 0 heterocycles. The summed E-state index contributed by atoms with van der Waals surface area (Å²) in [5.74, 6) is -0.795. The summed E-state index contributed by atoms with van der Waals surface area (Å²) >= 11 is 5.89. The van der Waals surface area contributed by atoms with Crippen LogP contribution < -0.4 is 10.6 Å². The summed E-state index contributed by atoms with van der Waals surface area (Å²) < 4.78 is 0. The van der Waals surface area contributed by atoms with Gasteiger partial charge in [0.15, 0.2) is 0 Å². The highest BCUT2D eigenvalue weighted by atomic mass is 35.5. The summed E-state index contributed by atoms with van der Waals surface area (Å²) in [5.41, 5.74) is 0.313. The van der Waals surface area contributed by atoms with Crippen molar-refractivity contribution in [2.24, 2.45) is 0 Å². The second-order valence-corrected chi connectivity index (χ2v) is 5.21. The van der Waals surface area contributed by atoms with Gasteiger partial charge in [-0.3, -0.25) is 19.7 Å². The second-order valence-electron chi connectivity index (χ2n) is 4.80. The highest BCUT2D eigenvalue weighted by molar-refractivity contribution is 6.33. The van der Waals surface area contributed by atoms with Gasteiger partial charge in [0.2, 0.25) is 0 Å². The molecule has 7 nitrogen and oxygen atoms in total. The van der Waals surface area contributed by atoms with Crippen LogP contribution in [0.1, 0.15) is 20.7 Å². The number of benzene rings is 2. The molecule has 0 atom stereocenters. The highest BCUT2D eigenvalue weighted by Gasteiger charge is 2.15. The molecule has 0 saturated carbocycles. The maximum atomic E-state index is 12.0. The number of halogens is 1. The third-order valence-electron chi connectivity index (χ3n) is 3.14. The third-order valence-corrected chi connectivity index (χ3v) is 3.47. The summed E-state index contributed by atoms with van der Waals surface area (Å²) in [4.78, 5) is 34.0. The maximum Gasteiger partial charge on any atom is 0.270 e. The zero-order valence-electron chi connectivity index (χ0n) is 12.5. The Hall–Kier alpha value is -2.93. The summed E-state index contributed by atoms with van der Waals surface area (Å²) in [6.45, 7) is 0.377. The fourth-order valence-corrected chi connectivity index (χ4v) is 2.14. The predicted molar refractivity (Wildman–Crippen MR) is 89.2 cm³/mol. The number of rotatable bonds is 6. The third kappa shape index (κ3) is 4.53. The van der Waals surface area contributed by atoms with Gasteiger partial charge >= 0.3 is 0 Å². The van der Waals surface area contributed by atoms with Gasteiger partial charge in [-0.15, -0.1) is 0 Å². The minimum atomic E-state index is -0.604. The summed E-state index contributed by atoms with van der Waals surface area (Å²) in [6, 6.07) is 12.3. The SMILES string of the molecule is O=C(NCCNC(=O)c1cc([N+](=O)[O-])ccc1Cl)c1ccccc1. The molecule has 2 amide bonds. The van der Waals surface area contributed by atoms with Crippen LogP contribution in [-0.2, 0) is 0 Å². The average Bonchev–Trinajstić information content (AvgIpc) is 2.59.